The summed E-state index contributed by atoms with van der Waals surface area (Å²) >= 11 is 3.73. The van der Waals surface area contributed by atoms with E-state index in [4.69, 9.17) is 0 Å². The van der Waals surface area contributed by atoms with Crippen LogP contribution in [0.4, 0.5) is 5.95 Å². The highest BCUT2D eigenvalue weighted by Gasteiger charge is 2.16. The van der Waals surface area contributed by atoms with E-state index in [1.165, 1.54) is 0 Å². The van der Waals surface area contributed by atoms with Crippen molar-refractivity contribution in [1.82, 2.24) is 14.5 Å². The summed E-state index contributed by atoms with van der Waals surface area (Å²) in [6.07, 6.45) is 2.56. The number of carbonyl (C=O) groups excluding carboxylic acids is 1. The molecule has 0 aliphatic carbocycles. The molecule has 5 nitrogen and oxygen atoms in total. The molecule has 26 heavy (non-hydrogen) atoms. The molecule has 1 aromatic carbocycles. The summed E-state index contributed by atoms with van der Waals surface area (Å²) in [5, 5.41) is 4.89. The molecule has 7 heteroatoms. The molecule has 0 fully saturated rings. The van der Waals surface area contributed by atoms with Crippen LogP contribution >= 0.6 is 33.9 Å². The molecule has 130 valence electrons. The van der Waals surface area contributed by atoms with Gasteiger partial charge in [0.15, 0.2) is 0 Å². The van der Waals surface area contributed by atoms with Crippen LogP contribution in [0.5, 0.6) is 0 Å². The summed E-state index contributed by atoms with van der Waals surface area (Å²) in [6.45, 7) is 0.688. The fraction of sp³-hybridized carbons (Fsp3) is 0.105. The summed E-state index contributed by atoms with van der Waals surface area (Å²) < 4.78 is 3.01. The van der Waals surface area contributed by atoms with Gasteiger partial charge in [0.2, 0.25) is 5.95 Å². The van der Waals surface area contributed by atoms with Gasteiger partial charge in [0.25, 0.3) is 5.91 Å². The van der Waals surface area contributed by atoms with Crippen molar-refractivity contribution in [2.24, 2.45) is 0 Å². The Bertz CT molecular complexity index is 1060. The van der Waals surface area contributed by atoms with E-state index in [0.29, 0.717) is 18.1 Å². The lowest BCUT2D eigenvalue weighted by molar-refractivity contribution is 0.102. The molecule has 0 aliphatic rings. The molecule has 0 atom stereocenters. The van der Waals surface area contributed by atoms with Gasteiger partial charge in [-0.1, -0.05) is 18.2 Å². The van der Waals surface area contributed by atoms with Crippen molar-refractivity contribution in [3.05, 3.63) is 74.2 Å². The minimum atomic E-state index is -0.134. The topological polar surface area (TPSA) is 59.8 Å². The fourth-order valence-electron chi connectivity index (χ4n) is 2.79. The minimum Gasteiger partial charge on any atom is -0.310 e. The number of benzene rings is 1. The van der Waals surface area contributed by atoms with Crippen LogP contribution < -0.4 is 5.32 Å². The number of aryl methyl sites for hydroxylation is 2. The summed E-state index contributed by atoms with van der Waals surface area (Å²) in [5.41, 5.74) is 3.55. The molecule has 1 amide bonds. The van der Waals surface area contributed by atoms with Gasteiger partial charge in [-0.2, -0.15) is 0 Å². The Balaban J connectivity index is 1.65. The van der Waals surface area contributed by atoms with Gasteiger partial charge in [0.1, 0.15) is 0 Å². The zero-order chi connectivity index (χ0) is 17.9. The lowest BCUT2D eigenvalue weighted by Gasteiger charge is -2.10. The molecule has 0 radical (unpaired) electrons. The van der Waals surface area contributed by atoms with Crippen molar-refractivity contribution in [1.29, 1.82) is 0 Å². The molecule has 0 spiro atoms. The Hall–Kier alpha value is -2.26. The standard InChI is InChI=1S/C19H15IN4OS/c20-17-14(9-12-26-17)18(25)23-19-22-15-6-1-2-7-16(15)24(19)11-8-13-5-3-4-10-21-13/h1-7,9-10,12H,8,11H2,(H,22,23,25). The Morgan fingerprint density at radius 1 is 1.15 bits per heavy atom. The number of carbonyl (C=O) groups is 1. The van der Waals surface area contributed by atoms with E-state index in [1.54, 1.807) is 17.5 Å². The van der Waals surface area contributed by atoms with Gasteiger partial charge < -0.3 is 4.57 Å². The van der Waals surface area contributed by atoms with E-state index < -0.39 is 0 Å². The molecule has 3 heterocycles. The third kappa shape index (κ3) is 3.49. The second-order valence-electron chi connectivity index (χ2n) is 5.71. The van der Waals surface area contributed by atoms with Gasteiger partial charge in [0, 0.05) is 24.9 Å². The largest absolute Gasteiger partial charge is 0.310 e. The second-order valence-corrected chi connectivity index (χ2v) is 8.44. The number of hydrogen-bond acceptors (Lipinski definition) is 4. The number of amides is 1. The number of hydrogen-bond donors (Lipinski definition) is 1. The minimum absolute atomic E-state index is 0.134. The molecular weight excluding hydrogens is 459 g/mol. The molecule has 1 N–H and O–H groups in total. The number of halogens is 1. The Morgan fingerprint density at radius 2 is 2.00 bits per heavy atom. The molecule has 0 aliphatic heterocycles. The monoisotopic (exact) mass is 474 g/mol. The molecule has 4 aromatic rings. The van der Waals surface area contributed by atoms with Gasteiger partial charge in [0.05, 0.1) is 19.5 Å². The number of nitrogens with zero attached hydrogens (tertiary/aromatic N) is 3. The second kappa shape index (κ2) is 7.55. The number of anilines is 1. The van der Waals surface area contributed by atoms with Crippen LogP contribution in [0.3, 0.4) is 0 Å². The number of aromatic nitrogens is 3. The van der Waals surface area contributed by atoms with Crippen LogP contribution in [0.2, 0.25) is 0 Å². The predicted molar refractivity (Wildman–Crippen MR) is 113 cm³/mol. The summed E-state index contributed by atoms with van der Waals surface area (Å²) in [6, 6.07) is 15.6. The van der Waals surface area contributed by atoms with Crippen LogP contribution in [-0.4, -0.2) is 20.4 Å². The Labute approximate surface area is 168 Å². The predicted octanol–water partition coefficient (Wildman–Crippen LogP) is 4.59. The first-order valence-electron chi connectivity index (χ1n) is 8.12. The number of imidazole rings is 1. The number of nitrogens with one attached hydrogen (secondary N) is 1. The molecule has 4 rings (SSSR count). The lowest BCUT2D eigenvalue weighted by atomic mass is 10.2. The molecule has 0 bridgehead atoms. The lowest BCUT2D eigenvalue weighted by Crippen LogP contribution is -2.17. The summed E-state index contributed by atoms with van der Waals surface area (Å²) in [4.78, 5) is 21.6. The maximum absolute atomic E-state index is 12.6. The van der Waals surface area contributed by atoms with Gasteiger partial charge in [-0.25, -0.2) is 4.98 Å². The van der Waals surface area contributed by atoms with Gasteiger partial charge in [-0.15, -0.1) is 11.3 Å². The third-order valence-corrected chi connectivity index (χ3v) is 6.10. The normalized spacial score (nSPS) is 11.0. The highest BCUT2D eigenvalue weighted by molar-refractivity contribution is 14.1. The van der Waals surface area contributed by atoms with Crippen molar-refractivity contribution in [2.45, 2.75) is 13.0 Å². The van der Waals surface area contributed by atoms with Crippen LogP contribution in [-0.2, 0) is 13.0 Å². The van der Waals surface area contributed by atoms with Crippen molar-refractivity contribution in [2.75, 3.05) is 5.32 Å². The third-order valence-electron chi connectivity index (χ3n) is 4.06. The average molecular weight is 474 g/mol. The SMILES string of the molecule is O=C(Nc1nc2ccccc2n1CCc1ccccn1)c1ccsc1I. The number of pyridine rings is 1. The number of fused-ring (bicyclic) bond motifs is 1. The van der Waals surface area contributed by atoms with Crippen molar-refractivity contribution < 1.29 is 4.79 Å². The van der Waals surface area contributed by atoms with Gasteiger partial charge >= 0.3 is 0 Å². The Morgan fingerprint density at radius 3 is 2.77 bits per heavy atom. The van der Waals surface area contributed by atoms with E-state index in [1.807, 2.05) is 58.5 Å². The van der Waals surface area contributed by atoms with Crippen molar-refractivity contribution in [3.63, 3.8) is 0 Å². The Kier molecular flexibility index (Phi) is 4.98. The van der Waals surface area contributed by atoms with Crippen LogP contribution in [0, 0.1) is 2.88 Å². The molecule has 0 saturated heterocycles. The van der Waals surface area contributed by atoms with Crippen molar-refractivity contribution >= 4 is 56.8 Å². The first kappa shape index (κ1) is 17.2. The molecular formula is C19H15IN4OS. The van der Waals surface area contributed by atoms with Crippen LogP contribution in [0.15, 0.2) is 60.1 Å². The quantitative estimate of drug-likeness (QED) is 0.431. The average Bonchev–Trinajstić information content (AvgIpc) is 3.24. The van der Waals surface area contributed by atoms with Crippen LogP contribution in [0.25, 0.3) is 11.0 Å². The fourth-order valence-corrected chi connectivity index (χ4v) is 4.27. The molecule has 3 aromatic heterocycles. The first-order valence-corrected chi connectivity index (χ1v) is 10.1. The maximum Gasteiger partial charge on any atom is 0.259 e. The van der Waals surface area contributed by atoms with Crippen LogP contribution in [0.1, 0.15) is 16.1 Å². The van der Waals surface area contributed by atoms with Gasteiger partial charge in [-0.3, -0.25) is 15.1 Å². The summed E-state index contributed by atoms with van der Waals surface area (Å²) in [7, 11) is 0. The number of para-hydroxylation sites is 2. The number of thiophene rings is 1. The van der Waals surface area contributed by atoms with E-state index in [0.717, 1.165) is 26.0 Å². The highest BCUT2D eigenvalue weighted by atomic mass is 127. The van der Waals surface area contributed by atoms with Gasteiger partial charge in [-0.05, 0) is 58.3 Å². The van der Waals surface area contributed by atoms with E-state index in [2.05, 4.69) is 37.9 Å². The number of rotatable bonds is 5. The zero-order valence-corrected chi connectivity index (χ0v) is 16.7. The van der Waals surface area contributed by atoms with E-state index in [-0.39, 0.29) is 5.91 Å². The molecule has 0 unspecified atom stereocenters. The summed E-state index contributed by atoms with van der Waals surface area (Å²) in [5.74, 6) is 0.430. The first-order chi connectivity index (χ1) is 12.7. The molecule has 0 saturated carbocycles. The maximum atomic E-state index is 12.6. The highest BCUT2D eigenvalue weighted by Crippen LogP contribution is 2.23. The zero-order valence-electron chi connectivity index (χ0n) is 13.7. The smallest absolute Gasteiger partial charge is 0.259 e. The van der Waals surface area contributed by atoms with Crippen molar-refractivity contribution in [3.8, 4) is 0 Å². The van der Waals surface area contributed by atoms with E-state index in [9.17, 15) is 4.79 Å². The van der Waals surface area contributed by atoms with E-state index >= 15 is 0 Å².